The fourth-order valence-corrected chi connectivity index (χ4v) is 6.13. The SMILES string of the molecule is COc1ccc(COc2cccc(Nc3ccnc4cc(-c5ccc(CN6CCCCC6)cc5)sc34)c2)cc1. The van der Waals surface area contributed by atoms with Gasteiger partial charge in [0.25, 0.3) is 0 Å². The molecule has 1 aliphatic heterocycles. The molecule has 5 aromatic rings. The van der Waals surface area contributed by atoms with E-state index < -0.39 is 0 Å². The maximum atomic E-state index is 6.06. The standard InChI is InChI=1S/C33H33N3O2S/c1-37-28-14-10-25(11-15-28)23-38-29-7-5-6-27(20-29)35-30-16-17-34-31-21-32(39-33(30)31)26-12-8-24(9-13-26)22-36-18-3-2-4-19-36/h5-17,20-21H,2-4,18-19,22-23H2,1H3,(H,34,35). The van der Waals surface area contributed by atoms with Crippen molar-refractivity contribution in [3.8, 4) is 21.9 Å². The van der Waals surface area contributed by atoms with Crippen molar-refractivity contribution < 1.29 is 9.47 Å². The van der Waals surface area contributed by atoms with Gasteiger partial charge in [-0.25, -0.2) is 0 Å². The number of nitrogens with zero attached hydrogens (tertiary/aromatic N) is 2. The fraction of sp³-hybridized carbons (Fsp3) is 0.242. The molecule has 5 nitrogen and oxygen atoms in total. The zero-order valence-corrected chi connectivity index (χ0v) is 23.0. The number of hydrogen-bond acceptors (Lipinski definition) is 6. The molecule has 0 atom stereocenters. The number of piperidine rings is 1. The number of methoxy groups -OCH3 is 1. The van der Waals surface area contributed by atoms with Gasteiger partial charge in [0.1, 0.15) is 18.1 Å². The molecule has 0 amide bonds. The Morgan fingerprint density at radius 2 is 1.64 bits per heavy atom. The molecule has 1 saturated heterocycles. The molecule has 0 radical (unpaired) electrons. The lowest BCUT2D eigenvalue weighted by Gasteiger charge is -2.26. The molecule has 2 aromatic heterocycles. The van der Waals surface area contributed by atoms with Crippen LogP contribution < -0.4 is 14.8 Å². The number of fused-ring (bicyclic) bond motifs is 1. The third kappa shape index (κ3) is 6.24. The molecule has 39 heavy (non-hydrogen) atoms. The van der Waals surface area contributed by atoms with E-state index >= 15 is 0 Å². The van der Waals surface area contributed by atoms with Gasteiger partial charge in [-0.3, -0.25) is 9.88 Å². The zero-order valence-electron chi connectivity index (χ0n) is 22.2. The largest absolute Gasteiger partial charge is 0.497 e. The molecule has 6 rings (SSSR count). The van der Waals surface area contributed by atoms with Crippen LogP contribution in [-0.2, 0) is 13.2 Å². The van der Waals surface area contributed by atoms with Crippen molar-refractivity contribution in [3.05, 3.63) is 102 Å². The predicted octanol–water partition coefficient (Wildman–Crippen LogP) is 8.28. The van der Waals surface area contributed by atoms with Crippen LogP contribution >= 0.6 is 11.3 Å². The number of ether oxygens (including phenoxy) is 2. The molecule has 1 N–H and O–H groups in total. The quantitative estimate of drug-likeness (QED) is 0.206. The van der Waals surface area contributed by atoms with Crippen molar-refractivity contribution in [1.29, 1.82) is 0 Å². The summed E-state index contributed by atoms with van der Waals surface area (Å²) in [6, 6.07) is 29.3. The first-order valence-electron chi connectivity index (χ1n) is 13.6. The minimum absolute atomic E-state index is 0.498. The van der Waals surface area contributed by atoms with Crippen LogP contribution in [0.3, 0.4) is 0 Å². The molecule has 6 heteroatoms. The number of likely N-dealkylation sites (tertiary alicyclic amines) is 1. The first kappa shape index (κ1) is 25.4. The third-order valence-electron chi connectivity index (χ3n) is 7.18. The number of benzene rings is 3. The van der Waals surface area contributed by atoms with Crippen molar-refractivity contribution in [1.82, 2.24) is 9.88 Å². The molecule has 0 spiro atoms. The van der Waals surface area contributed by atoms with Gasteiger partial charge in [-0.2, -0.15) is 0 Å². The lowest BCUT2D eigenvalue weighted by Crippen LogP contribution is -2.28. The van der Waals surface area contributed by atoms with Crippen molar-refractivity contribution >= 4 is 32.9 Å². The number of pyridine rings is 1. The number of rotatable bonds is 9. The first-order valence-corrected chi connectivity index (χ1v) is 14.4. The fourth-order valence-electron chi connectivity index (χ4n) is 5.04. The Labute approximate surface area is 234 Å². The van der Waals surface area contributed by atoms with Gasteiger partial charge in [-0.1, -0.05) is 48.9 Å². The molecule has 0 unspecified atom stereocenters. The van der Waals surface area contributed by atoms with Gasteiger partial charge >= 0.3 is 0 Å². The first-order chi connectivity index (χ1) is 19.2. The summed E-state index contributed by atoms with van der Waals surface area (Å²) in [6.07, 6.45) is 5.89. The van der Waals surface area contributed by atoms with Crippen LogP contribution in [0.2, 0.25) is 0 Å². The van der Waals surface area contributed by atoms with Crippen LogP contribution in [-0.4, -0.2) is 30.1 Å². The van der Waals surface area contributed by atoms with Crippen molar-refractivity contribution in [2.24, 2.45) is 0 Å². The number of nitrogens with one attached hydrogen (secondary N) is 1. The average molecular weight is 536 g/mol. The highest BCUT2D eigenvalue weighted by Crippen LogP contribution is 2.38. The number of aromatic nitrogens is 1. The van der Waals surface area contributed by atoms with Crippen molar-refractivity contribution in [2.75, 3.05) is 25.5 Å². The van der Waals surface area contributed by atoms with Crippen LogP contribution in [0.1, 0.15) is 30.4 Å². The van der Waals surface area contributed by atoms with Gasteiger partial charge in [0.15, 0.2) is 0 Å². The van der Waals surface area contributed by atoms with Gasteiger partial charge in [0.05, 0.1) is 23.0 Å². The van der Waals surface area contributed by atoms with Gasteiger partial charge in [0, 0.05) is 29.4 Å². The van der Waals surface area contributed by atoms with E-state index in [1.54, 1.807) is 18.4 Å². The normalized spacial score (nSPS) is 13.9. The summed E-state index contributed by atoms with van der Waals surface area (Å²) in [5, 5.41) is 3.59. The molecule has 0 aliphatic carbocycles. The molecular weight excluding hydrogens is 502 g/mol. The number of thiophene rings is 1. The van der Waals surface area contributed by atoms with Gasteiger partial charge in [0.2, 0.25) is 0 Å². The summed E-state index contributed by atoms with van der Waals surface area (Å²) in [7, 11) is 1.67. The summed E-state index contributed by atoms with van der Waals surface area (Å²) in [6.45, 7) is 3.98. The van der Waals surface area contributed by atoms with Crippen molar-refractivity contribution in [2.45, 2.75) is 32.4 Å². The Balaban J connectivity index is 1.15. The highest BCUT2D eigenvalue weighted by Gasteiger charge is 2.12. The van der Waals surface area contributed by atoms with Crippen LogP contribution in [0.15, 0.2) is 91.1 Å². The summed E-state index contributed by atoms with van der Waals surface area (Å²) in [5.74, 6) is 1.66. The van der Waals surface area contributed by atoms with Crippen LogP contribution in [0, 0.1) is 0 Å². The van der Waals surface area contributed by atoms with E-state index in [9.17, 15) is 0 Å². The zero-order chi connectivity index (χ0) is 26.4. The Kier molecular flexibility index (Phi) is 7.75. The highest BCUT2D eigenvalue weighted by molar-refractivity contribution is 7.22. The predicted molar refractivity (Wildman–Crippen MR) is 161 cm³/mol. The Morgan fingerprint density at radius 1 is 0.846 bits per heavy atom. The molecule has 0 bridgehead atoms. The topological polar surface area (TPSA) is 46.6 Å². The molecule has 1 aliphatic rings. The van der Waals surface area contributed by atoms with Gasteiger partial charge in [-0.15, -0.1) is 11.3 Å². The second kappa shape index (κ2) is 11.9. The number of hydrogen-bond donors (Lipinski definition) is 1. The molecule has 3 aromatic carbocycles. The van der Waals surface area contributed by atoms with Crippen LogP contribution in [0.5, 0.6) is 11.5 Å². The highest BCUT2D eigenvalue weighted by atomic mass is 32.1. The van der Waals surface area contributed by atoms with Gasteiger partial charge in [-0.05, 0) is 79.0 Å². The van der Waals surface area contributed by atoms with E-state index in [-0.39, 0.29) is 0 Å². The Bertz CT molecular complexity index is 1520. The molecule has 0 saturated carbocycles. The minimum Gasteiger partial charge on any atom is -0.497 e. The maximum absolute atomic E-state index is 6.06. The summed E-state index contributed by atoms with van der Waals surface area (Å²) < 4.78 is 12.4. The van der Waals surface area contributed by atoms with E-state index in [0.717, 1.165) is 45.2 Å². The molecule has 198 valence electrons. The van der Waals surface area contributed by atoms with E-state index in [1.165, 1.54) is 48.4 Å². The van der Waals surface area contributed by atoms with Crippen LogP contribution in [0.25, 0.3) is 20.7 Å². The summed E-state index contributed by atoms with van der Waals surface area (Å²) >= 11 is 1.78. The third-order valence-corrected chi connectivity index (χ3v) is 8.39. The Hall–Kier alpha value is -3.87. The monoisotopic (exact) mass is 535 g/mol. The van der Waals surface area contributed by atoms with Gasteiger partial charge < -0.3 is 14.8 Å². The maximum Gasteiger partial charge on any atom is 0.121 e. The summed E-state index contributed by atoms with van der Waals surface area (Å²) in [4.78, 5) is 8.45. The molecular formula is C33H33N3O2S. The van der Waals surface area contributed by atoms with E-state index in [2.05, 4.69) is 51.6 Å². The average Bonchev–Trinajstić information content (AvgIpc) is 3.43. The lowest BCUT2D eigenvalue weighted by molar-refractivity contribution is 0.221. The lowest BCUT2D eigenvalue weighted by atomic mass is 10.1. The summed E-state index contributed by atoms with van der Waals surface area (Å²) in [5.41, 5.74) is 6.74. The Morgan fingerprint density at radius 3 is 2.44 bits per heavy atom. The smallest absolute Gasteiger partial charge is 0.121 e. The van der Waals surface area contributed by atoms with Crippen molar-refractivity contribution in [3.63, 3.8) is 0 Å². The minimum atomic E-state index is 0.498. The number of anilines is 2. The second-order valence-corrected chi connectivity index (χ2v) is 11.1. The molecule has 1 fully saturated rings. The van der Waals surface area contributed by atoms with E-state index in [1.807, 2.05) is 54.7 Å². The van der Waals surface area contributed by atoms with Crippen LogP contribution in [0.4, 0.5) is 11.4 Å². The van der Waals surface area contributed by atoms with E-state index in [4.69, 9.17) is 9.47 Å². The van der Waals surface area contributed by atoms with E-state index in [0.29, 0.717) is 6.61 Å². The molecule has 3 heterocycles. The second-order valence-electron chi connectivity index (χ2n) is 10.0.